The quantitative estimate of drug-likeness (QED) is 0.593. The van der Waals surface area contributed by atoms with Gasteiger partial charge in [0.25, 0.3) is 0 Å². The molecule has 0 aliphatic heterocycles. The van der Waals surface area contributed by atoms with Crippen molar-refractivity contribution < 1.29 is 0 Å². The molecule has 0 saturated heterocycles. The van der Waals surface area contributed by atoms with Crippen molar-refractivity contribution in [3.8, 4) is 0 Å². The Bertz CT molecular complexity index is 304. The van der Waals surface area contributed by atoms with Gasteiger partial charge in [-0.25, -0.2) is 0 Å². The summed E-state index contributed by atoms with van der Waals surface area (Å²) in [7, 11) is -1.09. The first-order valence-corrected chi connectivity index (χ1v) is 8.96. The molecule has 0 atom stereocenters. The minimum absolute atomic E-state index is 0.190. The number of nitrogens with two attached hydrogens (primary N) is 2. The number of thioether (sulfide) groups is 1. The fourth-order valence-corrected chi connectivity index (χ4v) is 3.30. The molecule has 0 bridgehead atoms. The second-order valence-electron chi connectivity index (χ2n) is 4.18. The molecule has 0 spiro atoms. The largest absolute Gasteiger partial charge is 0.368 e. The molecular weight excluding hydrogens is 214 g/mol. The van der Waals surface area contributed by atoms with Crippen molar-refractivity contribution in [2.24, 2.45) is 0 Å². The Labute approximate surface area is 88.7 Å². The van der Waals surface area contributed by atoms with Gasteiger partial charge >= 0.3 is 0 Å². The van der Waals surface area contributed by atoms with Crippen molar-refractivity contribution in [1.29, 1.82) is 0 Å². The molecule has 4 N–H and O–H groups in total. The Morgan fingerprint density at radius 2 is 1.57 bits per heavy atom. The van der Waals surface area contributed by atoms with Crippen LogP contribution in [0.4, 0.5) is 11.9 Å². The van der Waals surface area contributed by atoms with Crippen LogP contribution in [-0.2, 0) is 0 Å². The van der Waals surface area contributed by atoms with Gasteiger partial charge in [0.15, 0.2) is 5.16 Å². The van der Waals surface area contributed by atoms with E-state index in [2.05, 4.69) is 34.6 Å². The average Bonchev–Trinajstić information content (AvgIpc) is 1.97. The van der Waals surface area contributed by atoms with Crippen LogP contribution in [0.3, 0.4) is 0 Å². The van der Waals surface area contributed by atoms with Crippen molar-refractivity contribution >= 4 is 31.7 Å². The number of nitrogen functional groups attached to an aromatic ring is 2. The van der Waals surface area contributed by atoms with E-state index in [9.17, 15) is 0 Å². The summed E-state index contributed by atoms with van der Waals surface area (Å²) >= 11 is 1.60. The zero-order valence-electron chi connectivity index (χ0n) is 8.61. The third kappa shape index (κ3) is 3.92. The van der Waals surface area contributed by atoms with Gasteiger partial charge in [0, 0.05) is 0 Å². The predicted octanol–water partition coefficient (Wildman–Crippen LogP) is 1.01. The van der Waals surface area contributed by atoms with E-state index in [0.717, 1.165) is 5.38 Å². The lowest BCUT2D eigenvalue weighted by Crippen LogP contribution is -2.24. The maximum absolute atomic E-state index is 5.45. The fourth-order valence-electron chi connectivity index (χ4n) is 0.734. The van der Waals surface area contributed by atoms with Crippen LogP contribution in [0.2, 0.25) is 19.6 Å². The van der Waals surface area contributed by atoms with E-state index in [1.807, 2.05) is 0 Å². The van der Waals surface area contributed by atoms with Gasteiger partial charge in [-0.1, -0.05) is 31.4 Å². The monoisotopic (exact) mass is 229 g/mol. The molecule has 0 aliphatic carbocycles. The lowest BCUT2D eigenvalue weighted by atomic mass is 10.9. The Hall–Kier alpha value is -0.823. The van der Waals surface area contributed by atoms with Gasteiger partial charge in [0.2, 0.25) is 11.9 Å². The summed E-state index contributed by atoms with van der Waals surface area (Å²) in [5, 5.41) is 1.67. The van der Waals surface area contributed by atoms with E-state index in [1.54, 1.807) is 11.8 Å². The molecule has 14 heavy (non-hydrogen) atoms. The Kier molecular flexibility index (Phi) is 3.32. The lowest BCUT2D eigenvalue weighted by Gasteiger charge is -2.13. The average molecular weight is 229 g/mol. The zero-order valence-corrected chi connectivity index (χ0v) is 10.4. The van der Waals surface area contributed by atoms with Crippen LogP contribution in [-0.4, -0.2) is 28.4 Å². The molecule has 1 heterocycles. The smallest absolute Gasteiger partial charge is 0.225 e. The highest BCUT2D eigenvalue weighted by molar-refractivity contribution is 8.00. The molecule has 0 amide bonds. The summed E-state index contributed by atoms with van der Waals surface area (Å²) in [5.74, 6) is 0.381. The van der Waals surface area contributed by atoms with Crippen molar-refractivity contribution in [3.63, 3.8) is 0 Å². The molecule has 0 saturated carbocycles. The summed E-state index contributed by atoms with van der Waals surface area (Å²) in [4.78, 5) is 11.7. The standard InChI is InChI=1S/C7H15N5SSi/c1-14(2,3)4-13-7-11-5(8)10-6(9)12-7/h4H2,1-3H3,(H4,8,9,10,11,12). The predicted molar refractivity (Wildman–Crippen MR) is 62.7 cm³/mol. The third-order valence-corrected chi connectivity index (χ3v) is 5.77. The number of hydrogen-bond donors (Lipinski definition) is 2. The van der Waals surface area contributed by atoms with Crippen LogP contribution in [0.5, 0.6) is 0 Å². The highest BCUT2D eigenvalue weighted by atomic mass is 32.2. The number of hydrogen-bond acceptors (Lipinski definition) is 6. The van der Waals surface area contributed by atoms with Crippen LogP contribution in [0.1, 0.15) is 0 Å². The van der Waals surface area contributed by atoms with E-state index in [0.29, 0.717) is 5.16 Å². The fraction of sp³-hybridized carbons (Fsp3) is 0.571. The van der Waals surface area contributed by atoms with Crippen LogP contribution in [0.15, 0.2) is 5.16 Å². The van der Waals surface area contributed by atoms with Gasteiger partial charge in [-0.3, -0.25) is 0 Å². The topological polar surface area (TPSA) is 90.7 Å². The van der Waals surface area contributed by atoms with Gasteiger partial charge in [-0.2, -0.15) is 15.0 Å². The second kappa shape index (κ2) is 4.14. The molecule has 0 fully saturated rings. The van der Waals surface area contributed by atoms with Crippen molar-refractivity contribution in [2.45, 2.75) is 24.8 Å². The first-order chi connectivity index (χ1) is 6.37. The van der Waals surface area contributed by atoms with E-state index in [1.165, 1.54) is 0 Å². The number of rotatable bonds is 3. The maximum atomic E-state index is 5.45. The molecule has 1 aromatic rings. The molecular formula is C7H15N5SSi. The minimum Gasteiger partial charge on any atom is -0.368 e. The van der Waals surface area contributed by atoms with Gasteiger partial charge in [0.05, 0.1) is 8.07 Å². The molecule has 78 valence electrons. The van der Waals surface area contributed by atoms with E-state index >= 15 is 0 Å². The van der Waals surface area contributed by atoms with Crippen molar-refractivity contribution in [1.82, 2.24) is 15.0 Å². The zero-order chi connectivity index (χ0) is 10.8. The van der Waals surface area contributed by atoms with Gasteiger partial charge in [0.1, 0.15) is 0 Å². The maximum Gasteiger partial charge on any atom is 0.225 e. The molecule has 0 radical (unpaired) electrons. The summed E-state index contributed by atoms with van der Waals surface area (Å²) in [6, 6.07) is 0. The Morgan fingerprint density at radius 3 is 2.00 bits per heavy atom. The third-order valence-electron chi connectivity index (χ3n) is 1.28. The Morgan fingerprint density at radius 1 is 1.07 bits per heavy atom. The normalized spacial score (nSPS) is 11.6. The van der Waals surface area contributed by atoms with Crippen LogP contribution < -0.4 is 11.5 Å². The number of anilines is 2. The molecule has 0 unspecified atom stereocenters. The van der Waals surface area contributed by atoms with E-state index < -0.39 is 8.07 Å². The lowest BCUT2D eigenvalue weighted by molar-refractivity contribution is 0.931. The van der Waals surface area contributed by atoms with Crippen LogP contribution in [0.25, 0.3) is 0 Å². The Balaban J connectivity index is 2.68. The van der Waals surface area contributed by atoms with Crippen LogP contribution in [0, 0.1) is 0 Å². The number of nitrogens with zero attached hydrogens (tertiary/aromatic N) is 3. The molecule has 0 aliphatic rings. The van der Waals surface area contributed by atoms with Gasteiger partial charge in [-0.05, 0) is 5.38 Å². The molecule has 0 aromatic carbocycles. The van der Waals surface area contributed by atoms with Crippen LogP contribution >= 0.6 is 11.8 Å². The highest BCUT2D eigenvalue weighted by Crippen LogP contribution is 2.18. The van der Waals surface area contributed by atoms with E-state index in [-0.39, 0.29) is 11.9 Å². The molecule has 1 rings (SSSR count). The molecule has 1 aromatic heterocycles. The first kappa shape index (κ1) is 11.3. The summed E-state index contributed by atoms with van der Waals surface area (Å²) in [6.45, 7) is 6.86. The molecule has 5 nitrogen and oxygen atoms in total. The van der Waals surface area contributed by atoms with Crippen molar-refractivity contribution in [3.05, 3.63) is 0 Å². The minimum atomic E-state index is -1.09. The first-order valence-electron chi connectivity index (χ1n) is 4.27. The van der Waals surface area contributed by atoms with E-state index in [4.69, 9.17) is 11.5 Å². The SMILES string of the molecule is C[Si](C)(C)CSc1nc(N)nc(N)n1. The highest BCUT2D eigenvalue weighted by Gasteiger charge is 2.14. The summed E-state index contributed by atoms with van der Waals surface area (Å²) < 4.78 is 0. The van der Waals surface area contributed by atoms with Gasteiger partial charge in [-0.15, -0.1) is 0 Å². The summed E-state index contributed by atoms with van der Waals surface area (Å²) in [5.41, 5.74) is 10.9. The summed E-state index contributed by atoms with van der Waals surface area (Å²) in [6.07, 6.45) is 0. The molecule has 7 heteroatoms. The van der Waals surface area contributed by atoms with Gasteiger partial charge < -0.3 is 11.5 Å². The van der Waals surface area contributed by atoms with Crippen molar-refractivity contribution in [2.75, 3.05) is 16.8 Å². The number of aromatic nitrogens is 3. The second-order valence-corrected chi connectivity index (χ2v) is 11.1.